The molecule has 1 saturated heterocycles. The third-order valence-electron chi connectivity index (χ3n) is 5.75. The SMILES string of the molecule is CN[C@@H]1C2Cc3ccc(OC(=O)C(C)C)cc3[C@@]1(C)CCN2C. The fourth-order valence-electron chi connectivity index (χ4n) is 4.28. The van der Waals surface area contributed by atoms with Crippen LogP contribution >= 0.6 is 0 Å². The average molecular weight is 316 g/mol. The molecule has 0 radical (unpaired) electrons. The van der Waals surface area contributed by atoms with Crippen molar-refractivity contribution in [2.45, 2.75) is 51.1 Å². The van der Waals surface area contributed by atoms with E-state index in [2.05, 4.69) is 43.4 Å². The van der Waals surface area contributed by atoms with Crippen molar-refractivity contribution in [2.24, 2.45) is 5.92 Å². The van der Waals surface area contributed by atoms with Crippen LogP contribution < -0.4 is 10.1 Å². The monoisotopic (exact) mass is 316 g/mol. The number of piperidine rings is 1. The van der Waals surface area contributed by atoms with Gasteiger partial charge in [-0.05, 0) is 56.7 Å². The minimum absolute atomic E-state index is 0.0831. The molecule has 1 heterocycles. The fourth-order valence-corrected chi connectivity index (χ4v) is 4.28. The molecular weight excluding hydrogens is 288 g/mol. The average Bonchev–Trinajstić information content (AvgIpc) is 2.52. The summed E-state index contributed by atoms with van der Waals surface area (Å²) in [7, 11) is 4.28. The molecule has 3 rings (SSSR count). The van der Waals surface area contributed by atoms with Gasteiger partial charge in [0.1, 0.15) is 5.75 Å². The van der Waals surface area contributed by atoms with Crippen LogP contribution in [0.1, 0.15) is 38.3 Å². The number of benzene rings is 1. The van der Waals surface area contributed by atoms with E-state index >= 15 is 0 Å². The van der Waals surface area contributed by atoms with E-state index in [1.165, 1.54) is 11.1 Å². The van der Waals surface area contributed by atoms with Crippen molar-refractivity contribution in [3.63, 3.8) is 0 Å². The Hall–Kier alpha value is -1.39. The van der Waals surface area contributed by atoms with Gasteiger partial charge in [0, 0.05) is 17.5 Å². The highest BCUT2D eigenvalue weighted by molar-refractivity contribution is 5.74. The van der Waals surface area contributed by atoms with E-state index in [0.717, 1.165) is 19.4 Å². The Morgan fingerprint density at radius 1 is 1.43 bits per heavy atom. The maximum atomic E-state index is 11.9. The van der Waals surface area contributed by atoms with Gasteiger partial charge < -0.3 is 15.0 Å². The highest BCUT2D eigenvalue weighted by Crippen LogP contribution is 2.45. The maximum Gasteiger partial charge on any atom is 0.313 e. The number of ether oxygens (including phenoxy) is 1. The molecule has 2 bridgehead atoms. The first-order chi connectivity index (χ1) is 10.9. The lowest BCUT2D eigenvalue weighted by atomic mass is 9.62. The summed E-state index contributed by atoms with van der Waals surface area (Å²) in [6, 6.07) is 7.13. The topological polar surface area (TPSA) is 41.6 Å². The molecule has 0 aromatic heterocycles. The Kier molecular flexibility index (Phi) is 4.23. The number of carbonyl (C=O) groups is 1. The predicted octanol–water partition coefficient (Wildman–Crippen LogP) is 2.35. The van der Waals surface area contributed by atoms with Crippen LogP contribution in [0.15, 0.2) is 18.2 Å². The van der Waals surface area contributed by atoms with E-state index in [1.54, 1.807) is 0 Å². The zero-order chi connectivity index (χ0) is 16.8. The van der Waals surface area contributed by atoms with Crippen molar-refractivity contribution < 1.29 is 9.53 Å². The molecule has 0 amide bonds. The Balaban J connectivity index is 1.99. The van der Waals surface area contributed by atoms with Crippen molar-refractivity contribution in [3.8, 4) is 5.75 Å². The predicted molar refractivity (Wildman–Crippen MR) is 91.9 cm³/mol. The molecule has 3 atom stereocenters. The second-order valence-electron chi connectivity index (χ2n) is 7.58. The molecule has 1 unspecified atom stereocenters. The second-order valence-corrected chi connectivity index (χ2v) is 7.58. The van der Waals surface area contributed by atoms with Gasteiger partial charge in [-0.25, -0.2) is 0 Å². The quantitative estimate of drug-likeness (QED) is 0.686. The van der Waals surface area contributed by atoms with Crippen LogP contribution in [0.3, 0.4) is 0 Å². The van der Waals surface area contributed by atoms with Gasteiger partial charge in [-0.1, -0.05) is 26.8 Å². The van der Waals surface area contributed by atoms with Crippen LogP contribution in [0.2, 0.25) is 0 Å². The molecular formula is C19H28N2O2. The standard InChI is InChI=1S/C19H28N2O2/c1-12(2)18(22)23-14-7-6-13-10-16-17(20-4)19(3,15(13)11-14)8-9-21(16)5/h6-7,11-12,16-17,20H,8-10H2,1-5H3/t16?,17-,19-/m1/s1. The van der Waals surface area contributed by atoms with Gasteiger partial charge in [0.2, 0.25) is 0 Å². The number of nitrogens with zero attached hydrogens (tertiary/aromatic N) is 1. The van der Waals surface area contributed by atoms with Crippen LogP contribution in [0.5, 0.6) is 5.75 Å². The molecule has 4 heteroatoms. The van der Waals surface area contributed by atoms with E-state index < -0.39 is 0 Å². The molecule has 126 valence electrons. The van der Waals surface area contributed by atoms with Crippen LogP contribution in [0.4, 0.5) is 0 Å². The first kappa shape index (κ1) is 16.5. The summed E-state index contributed by atoms with van der Waals surface area (Å²) in [6.07, 6.45) is 2.16. The number of nitrogens with one attached hydrogen (secondary N) is 1. The van der Waals surface area contributed by atoms with Crippen molar-refractivity contribution in [2.75, 3.05) is 20.6 Å². The number of likely N-dealkylation sites (N-methyl/N-ethyl adjacent to an activating group) is 2. The summed E-state index contributed by atoms with van der Waals surface area (Å²) in [5.74, 6) is 0.396. The minimum Gasteiger partial charge on any atom is -0.426 e. The largest absolute Gasteiger partial charge is 0.426 e. The Morgan fingerprint density at radius 3 is 2.83 bits per heavy atom. The Bertz CT molecular complexity index is 613. The molecule has 4 nitrogen and oxygen atoms in total. The Morgan fingerprint density at radius 2 is 2.17 bits per heavy atom. The molecule has 0 spiro atoms. The molecule has 1 aromatic carbocycles. The lowest BCUT2D eigenvalue weighted by Gasteiger charge is -2.54. The first-order valence-electron chi connectivity index (χ1n) is 8.59. The molecule has 2 aliphatic rings. The highest BCUT2D eigenvalue weighted by atomic mass is 16.5. The summed E-state index contributed by atoms with van der Waals surface area (Å²) < 4.78 is 5.54. The van der Waals surface area contributed by atoms with Gasteiger partial charge in [-0.2, -0.15) is 0 Å². The third kappa shape index (κ3) is 2.68. The summed E-state index contributed by atoms with van der Waals surface area (Å²) in [4.78, 5) is 14.4. The summed E-state index contributed by atoms with van der Waals surface area (Å²) in [6.45, 7) is 7.18. The summed E-state index contributed by atoms with van der Waals surface area (Å²) >= 11 is 0. The molecule has 1 aromatic rings. The van der Waals surface area contributed by atoms with Crippen LogP contribution in [-0.4, -0.2) is 43.6 Å². The van der Waals surface area contributed by atoms with Gasteiger partial charge in [0.15, 0.2) is 0 Å². The molecule has 1 N–H and O–H groups in total. The smallest absolute Gasteiger partial charge is 0.313 e. The lowest BCUT2D eigenvalue weighted by molar-refractivity contribution is -0.137. The Labute approximate surface area is 139 Å². The van der Waals surface area contributed by atoms with E-state index in [0.29, 0.717) is 17.8 Å². The normalized spacial score (nSPS) is 30.2. The highest BCUT2D eigenvalue weighted by Gasteiger charge is 2.49. The summed E-state index contributed by atoms with van der Waals surface area (Å²) in [5.41, 5.74) is 2.81. The zero-order valence-corrected chi connectivity index (χ0v) is 14.8. The van der Waals surface area contributed by atoms with Crippen molar-refractivity contribution in [1.29, 1.82) is 0 Å². The number of hydrogen-bond acceptors (Lipinski definition) is 4. The summed E-state index contributed by atoms with van der Waals surface area (Å²) in [5, 5.41) is 3.55. The van der Waals surface area contributed by atoms with Crippen molar-refractivity contribution in [1.82, 2.24) is 10.2 Å². The number of fused-ring (bicyclic) bond motifs is 4. The molecule has 1 aliphatic heterocycles. The second kappa shape index (κ2) is 5.91. The van der Waals surface area contributed by atoms with Crippen molar-refractivity contribution in [3.05, 3.63) is 29.3 Å². The third-order valence-corrected chi connectivity index (χ3v) is 5.75. The number of esters is 1. The molecule has 0 saturated carbocycles. The van der Waals surface area contributed by atoms with Gasteiger partial charge in [0.25, 0.3) is 0 Å². The van der Waals surface area contributed by atoms with Gasteiger partial charge in [-0.15, -0.1) is 0 Å². The molecule has 1 fully saturated rings. The number of carbonyl (C=O) groups excluding carboxylic acids is 1. The van der Waals surface area contributed by atoms with E-state index in [-0.39, 0.29) is 17.3 Å². The zero-order valence-electron chi connectivity index (χ0n) is 14.8. The van der Waals surface area contributed by atoms with E-state index in [4.69, 9.17) is 4.74 Å². The van der Waals surface area contributed by atoms with E-state index in [9.17, 15) is 4.79 Å². The van der Waals surface area contributed by atoms with Gasteiger partial charge >= 0.3 is 5.97 Å². The van der Waals surface area contributed by atoms with Crippen molar-refractivity contribution >= 4 is 5.97 Å². The van der Waals surface area contributed by atoms with Gasteiger partial charge in [0.05, 0.1) is 5.92 Å². The van der Waals surface area contributed by atoms with E-state index in [1.807, 2.05) is 19.9 Å². The van der Waals surface area contributed by atoms with Crippen LogP contribution in [0, 0.1) is 5.92 Å². The fraction of sp³-hybridized carbons (Fsp3) is 0.632. The van der Waals surface area contributed by atoms with Crippen LogP contribution in [0.25, 0.3) is 0 Å². The first-order valence-corrected chi connectivity index (χ1v) is 8.59. The lowest BCUT2D eigenvalue weighted by Crippen LogP contribution is -2.65. The maximum absolute atomic E-state index is 11.9. The minimum atomic E-state index is -0.169. The number of likely N-dealkylation sites (tertiary alicyclic amines) is 1. The number of hydrogen-bond donors (Lipinski definition) is 1. The van der Waals surface area contributed by atoms with Gasteiger partial charge in [-0.3, -0.25) is 4.79 Å². The molecule has 23 heavy (non-hydrogen) atoms. The molecule has 1 aliphatic carbocycles. The van der Waals surface area contributed by atoms with Crippen LogP contribution in [-0.2, 0) is 16.6 Å². The number of rotatable bonds is 3.